The number of rotatable bonds is 7. The molecule has 7 nitrogen and oxygen atoms in total. The molecule has 35 heavy (non-hydrogen) atoms. The molecule has 2 aromatic carbocycles. The van der Waals surface area contributed by atoms with Crippen molar-refractivity contribution in [3.05, 3.63) is 90.9 Å². The van der Waals surface area contributed by atoms with Crippen molar-refractivity contribution in [2.75, 3.05) is 11.1 Å². The van der Waals surface area contributed by atoms with Gasteiger partial charge in [0.15, 0.2) is 11.0 Å². The number of hydrogen-bond donors (Lipinski definition) is 1. The Morgan fingerprint density at radius 2 is 1.83 bits per heavy atom. The zero-order valence-corrected chi connectivity index (χ0v) is 20.2. The normalized spacial score (nSPS) is 11.2. The van der Waals surface area contributed by atoms with Crippen LogP contribution in [-0.2, 0) is 4.79 Å². The van der Waals surface area contributed by atoms with Crippen LogP contribution >= 0.6 is 11.8 Å². The molecule has 0 fully saturated rings. The predicted molar refractivity (Wildman–Crippen MR) is 140 cm³/mol. The maximum absolute atomic E-state index is 12.9. The SMILES string of the molecule is CC(C)c1ccccc1-n1c(SCC(=O)Nc2cccc3ncccc23)nnc1-c1cccnc1. The molecule has 1 N–H and O–H groups in total. The minimum Gasteiger partial charge on any atom is -0.325 e. The predicted octanol–water partition coefficient (Wildman–Crippen LogP) is 5.73. The van der Waals surface area contributed by atoms with Gasteiger partial charge in [0.1, 0.15) is 0 Å². The third kappa shape index (κ3) is 4.79. The number of nitrogens with zero attached hydrogens (tertiary/aromatic N) is 5. The molecule has 0 bridgehead atoms. The maximum Gasteiger partial charge on any atom is 0.234 e. The fourth-order valence-electron chi connectivity index (χ4n) is 3.97. The minimum absolute atomic E-state index is 0.124. The summed E-state index contributed by atoms with van der Waals surface area (Å²) in [7, 11) is 0. The van der Waals surface area contributed by atoms with Crippen molar-refractivity contribution in [3.63, 3.8) is 0 Å². The number of pyridine rings is 2. The summed E-state index contributed by atoms with van der Waals surface area (Å²) in [6.45, 7) is 4.32. The zero-order valence-electron chi connectivity index (χ0n) is 19.4. The highest BCUT2D eigenvalue weighted by Gasteiger charge is 2.20. The lowest BCUT2D eigenvalue weighted by atomic mass is 10.0. The first-order valence-corrected chi connectivity index (χ1v) is 12.3. The van der Waals surface area contributed by atoms with Crippen molar-refractivity contribution in [1.29, 1.82) is 0 Å². The highest BCUT2D eigenvalue weighted by molar-refractivity contribution is 7.99. The third-order valence-electron chi connectivity index (χ3n) is 5.60. The van der Waals surface area contributed by atoms with Gasteiger partial charge in [-0.3, -0.25) is 19.3 Å². The molecule has 0 aliphatic carbocycles. The largest absolute Gasteiger partial charge is 0.325 e. The summed E-state index contributed by atoms with van der Waals surface area (Å²) in [6.07, 6.45) is 5.24. The molecule has 8 heteroatoms. The summed E-state index contributed by atoms with van der Waals surface area (Å²) in [6, 6.07) is 21.6. The first-order chi connectivity index (χ1) is 17.1. The van der Waals surface area contributed by atoms with Crippen LogP contribution in [0.15, 0.2) is 90.5 Å². The molecule has 3 heterocycles. The quantitative estimate of drug-likeness (QED) is 0.299. The smallest absolute Gasteiger partial charge is 0.234 e. The van der Waals surface area contributed by atoms with Gasteiger partial charge in [-0.1, -0.05) is 49.9 Å². The summed E-state index contributed by atoms with van der Waals surface area (Å²) in [5.41, 5.74) is 4.60. The molecule has 0 atom stereocenters. The Morgan fingerprint density at radius 1 is 0.971 bits per heavy atom. The van der Waals surface area contributed by atoms with Crippen molar-refractivity contribution in [1.82, 2.24) is 24.7 Å². The molecule has 3 aromatic heterocycles. The molecule has 0 radical (unpaired) electrons. The Labute approximate surface area is 207 Å². The van der Waals surface area contributed by atoms with Crippen molar-refractivity contribution in [2.45, 2.75) is 24.9 Å². The van der Waals surface area contributed by atoms with Crippen LogP contribution in [0.1, 0.15) is 25.3 Å². The van der Waals surface area contributed by atoms with E-state index in [9.17, 15) is 4.79 Å². The molecule has 0 aliphatic rings. The van der Waals surface area contributed by atoms with Gasteiger partial charge in [-0.25, -0.2) is 0 Å². The lowest BCUT2D eigenvalue weighted by Gasteiger charge is -2.17. The molecule has 0 unspecified atom stereocenters. The van der Waals surface area contributed by atoms with Crippen LogP contribution in [0.2, 0.25) is 0 Å². The second kappa shape index (κ2) is 10.1. The Balaban J connectivity index is 1.45. The van der Waals surface area contributed by atoms with Crippen LogP contribution < -0.4 is 5.32 Å². The monoisotopic (exact) mass is 480 g/mol. The molecule has 5 rings (SSSR count). The molecule has 5 aromatic rings. The number of nitrogens with one attached hydrogen (secondary N) is 1. The highest BCUT2D eigenvalue weighted by Crippen LogP contribution is 2.32. The van der Waals surface area contributed by atoms with Crippen LogP contribution in [0.25, 0.3) is 28.0 Å². The van der Waals surface area contributed by atoms with Crippen molar-refractivity contribution >= 4 is 34.3 Å². The summed E-state index contributed by atoms with van der Waals surface area (Å²) in [4.78, 5) is 21.5. The number of anilines is 1. The lowest BCUT2D eigenvalue weighted by Crippen LogP contribution is -2.15. The molecule has 174 valence electrons. The van der Waals surface area contributed by atoms with Crippen LogP contribution in [0.3, 0.4) is 0 Å². The van der Waals surface area contributed by atoms with E-state index in [1.807, 2.05) is 59.2 Å². The Bertz CT molecular complexity index is 1480. The van der Waals surface area contributed by atoms with E-state index in [-0.39, 0.29) is 11.7 Å². The number of para-hydroxylation sites is 1. The highest BCUT2D eigenvalue weighted by atomic mass is 32.2. The lowest BCUT2D eigenvalue weighted by molar-refractivity contribution is -0.113. The van der Waals surface area contributed by atoms with Crippen LogP contribution in [0, 0.1) is 0 Å². The van der Waals surface area contributed by atoms with E-state index in [0.717, 1.165) is 27.8 Å². The van der Waals surface area contributed by atoms with E-state index in [4.69, 9.17) is 0 Å². The maximum atomic E-state index is 12.9. The number of amides is 1. The fourth-order valence-corrected chi connectivity index (χ4v) is 4.72. The number of carbonyl (C=O) groups is 1. The topological polar surface area (TPSA) is 85.6 Å². The number of thioether (sulfide) groups is 1. The number of fused-ring (bicyclic) bond motifs is 1. The van der Waals surface area contributed by atoms with Gasteiger partial charge in [0.2, 0.25) is 5.91 Å². The van der Waals surface area contributed by atoms with Crippen molar-refractivity contribution < 1.29 is 4.79 Å². The van der Waals surface area contributed by atoms with Gasteiger partial charge < -0.3 is 5.32 Å². The minimum atomic E-state index is -0.124. The van der Waals surface area contributed by atoms with Gasteiger partial charge in [-0.15, -0.1) is 10.2 Å². The Hall–Kier alpha value is -4.04. The first kappa shape index (κ1) is 22.7. The summed E-state index contributed by atoms with van der Waals surface area (Å²) >= 11 is 1.35. The van der Waals surface area contributed by atoms with Crippen LogP contribution in [-0.4, -0.2) is 36.4 Å². The van der Waals surface area contributed by atoms with E-state index in [0.29, 0.717) is 16.9 Å². The van der Waals surface area contributed by atoms with E-state index >= 15 is 0 Å². The second-order valence-electron chi connectivity index (χ2n) is 8.31. The van der Waals surface area contributed by atoms with Crippen molar-refractivity contribution in [2.24, 2.45) is 0 Å². The molecular formula is C27H24N6OS. The van der Waals surface area contributed by atoms with Gasteiger partial charge >= 0.3 is 0 Å². The molecule has 0 aliphatic heterocycles. The molecule has 0 saturated carbocycles. The Morgan fingerprint density at radius 3 is 2.66 bits per heavy atom. The standard InChI is InChI=1S/C27H24N6OS/c1-18(2)20-9-3-4-13-24(20)33-26(19-8-6-14-28-16-19)31-32-27(33)35-17-25(34)30-23-12-5-11-22-21(23)10-7-15-29-22/h3-16,18H,17H2,1-2H3,(H,30,34). The Kier molecular flexibility index (Phi) is 6.54. The molecule has 1 amide bonds. The first-order valence-electron chi connectivity index (χ1n) is 11.3. The van der Waals surface area contributed by atoms with E-state index in [1.165, 1.54) is 17.3 Å². The van der Waals surface area contributed by atoms with Gasteiger partial charge in [-0.2, -0.15) is 0 Å². The molecule has 0 saturated heterocycles. The zero-order chi connectivity index (χ0) is 24.2. The number of aromatic nitrogens is 5. The molecule has 0 spiro atoms. The van der Waals surface area contributed by atoms with E-state index in [2.05, 4.69) is 51.5 Å². The number of hydrogen-bond acceptors (Lipinski definition) is 6. The second-order valence-corrected chi connectivity index (χ2v) is 9.25. The van der Waals surface area contributed by atoms with Gasteiger partial charge in [0.05, 0.1) is 22.6 Å². The van der Waals surface area contributed by atoms with Gasteiger partial charge in [-0.05, 0) is 53.9 Å². The van der Waals surface area contributed by atoms with Gasteiger partial charge in [0.25, 0.3) is 0 Å². The van der Waals surface area contributed by atoms with Crippen LogP contribution in [0.5, 0.6) is 0 Å². The number of carbonyl (C=O) groups excluding carboxylic acids is 1. The fraction of sp³-hybridized carbons (Fsp3) is 0.148. The average molecular weight is 481 g/mol. The van der Waals surface area contributed by atoms with Crippen LogP contribution in [0.4, 0.5) is 5.69 Å². The third-order valence-corrected chi connectivity index (χ3v) is 6.53. The average Bonchev–Trinajstić information content (AvgIpc) is 3.32. The van der Waals surface area contributed by atoms with E-state index < -0.39 is 0 Å². The number of benzene rings is 2. The summed E-state index contributed by atoms with van der Waals surface area (Å²) < 4.78 is 2.02. The van der Waals surface area contributed by atoms with Crippen molar-refractivity contribution in [3.8, 4) is 17.1 Å². The summed E-state index contributed by atoms with van der Waals surface area (Å²) in [5, 5.41) is 13.5. The summed E-state index contributed by atoms with van der Waals surface area (Å²) in [5.74, 6) is 1.05. The molecular weight excluding hydrogens is 456 g/mol. The van der Waals surface area contributed by atoms with E-state index in [1.54, 1.807) is 18.6 Å². The van der Waals surface area contributed by atoms with Gasteiger partial charge in [0, 0.05) is 29.5 Å².